The summed E-state index contributed by atoms with van der Waals surface area (Å²) in [6.07, 6.45) is 0. The summed E-state index contributed by atoms with van der Waals surface area (Å²) in [7, 11) is 0. The molecule has 2 aromatic carbocycles. The van der Waals surface area contributed by atoms with E-state index < -0.39 is 0 Å². The Morgan fingerprint density at radius 2 is 1.63 bits per heavy atom. The van der Waals surface area contributed by atoms with E-state index in [1.165, 1.54) is 16.9 Å². The Hall–Kier alpha value is -2.86. The van der Waals surface area contributed by atoms with E-state index in [1.54, 1.807) is 0 Å². The molecule has 3 aromatic rings. The van der Waals surface area contributed by atoms with Crippen molar-refractivity contribution in [1.82, 2.24) is 4.98 Å². The molecule has 0 atom stereocenters. The minimum atomic E-state index is -0.171. The second-order valence-electron chi connectivity index (χ2n) is 6.04. The number of amides is 1. The number of rotatable bonds is 7. The molecular formula is C21H22N2O3S. The van der Waals surface area contributed by atoms with Crippen molar-refractivity contribution in [3.05, 3.63) is 69.7 Å². The monoisotopic (exact) mass is 382 g/mol. The second kappa shape index (κ2) is 8.68. The highest BCUT2D eigenvalue weighted by Gasteiger charge is 2.16. The first-order valence-corrected chi connectivity index (χ1v) is 9.57. The number of anilines is 1. The lowest BCUT2D eigenvalue weighted by Crippen LogP contribution is -2.11. The maximum atomic E-state index is 12.6. The lowest BCUT2D eigenvalue weighted by atomic mass is 10.2. The highest BCUT2D eigenvalue weighted by Crippen LogP contribution is 2.23. The van der Waals surface area contributed by atoms with Gasteiger partial charge in [0.05, 0.1) is 12.3 Å². The van der Waals surface area contributed by atoms with Gasteiger partial charge in [0, 0.05) is 5.69 Å². The summed E-state index contributed by atoms with van der Waals surface area (Å²) >= 11 is 1.35. The first-order valence-electron chi connectivity index (χ1n) is 8.75. The van der Waals surface area contributed by atoms with Gasteiger partial charge in [-0.15, -0.1) is 11.3 Å². The van der Waals surface area contributed by atoms with Crippen LogP contribution in [0, 0.1) is 13.8 Å². The van der Waals surface area contributed by atoms with Gasteiger partial charge in [-0.25, -0.2) is 4.98 Å². The van der Waals surface area contributed by atoms with Crippen molar-refractivity contribution >= 4 is 22.9 Å². The Kier molecular flexibility index (Phi) is 6.08. The number of aromatic nitrogens is 1. The average Bonchev–Trinajstić information content (AvgIpc) is 3.04. The van der Waals surface area contributed by atoms with Crippen LogP contribution >= 0.6 is 11.3 Å². The number of aryl methyl sites for hydroxylation is 2. The summed E-state index contributed by atoms with van der Waals surface area (Å²) in [5, 5.41) is 3.67. The van der Waals surface area contributed by atoms with Gasteiger partial charge in [0.2, 0.25) is 0 Å². The first kappa shape index (κ1) is 18.9. The minimum Gasteiger partial charge on any atom is -0.494 e. The van der Waals surface area contributed by atoms with Gasteiger partial charge in [0.15, 0.2) is 0 Å². The number of hydrogen-bond acceptors (Lipinski definition) is 5. The van der Waals surface area contributed by atoms with Gasteiger partial charge < -0.3 is 14.8 Å². The predicted octanol–water partition coefficient (Wildman–Crippen LogP) is 4.99. The maximum Gasteiger partial charge on any atom is 0.267 e. The molecule has 0 radical (unpaired) electrons. The molecule has 140 valence electrons. The van der Waals surface area contributed by atoms with Crippen molar-refractivity contribution in [3.63, 3.8) is 0 Å². The molecule has 0 saturated carbocycles. The van der Waals surface area contributed by atoms with E-state index in [0.29, 0.717) is 29.5 Å². The van der Waals surface area contributed by atoms with Crippen LogP contribution in [0.3, 0.4) is 0 Å². The maximum absolute atomic E-state index is 12.6. The SMILES string of the molecule is CCOc1ccc(NC(=O)c2sc(COc3ccc(C)cc3)nc2C)cc1. The van der Waals surface area contributed by atoms with E-state index in [0.717, 1.165) is 16.5 Å². The Labute approximate surface area is 163 Å². The Bertz CT molecular complexity index is 902. The number of carbonyl (C=O) groups is 1. The van der Waals surface area contributed by atoms with E-state index in [9.17, 15) is 4.79 Å². The summed E-state index contributed by atoms with van der Waals surface area (Å²) in [6.45, 7) is 6.74. The zero-order valence-electron chi connectivity index (χ0n) is 15.6. The fourth-order valence-corrected chi connectivity index (χ4v) is 3.37. The van der Waals surface area contributed by atoms with Gasteiger partial charge in [-0.3, -0.25) is 4.79 Å². The molecule has 0 aliphatic rings. The molecule has 0 fully saturated rings. The van der Waals surface area contributed by atoms with Crippen molar-refractivity contribution in [2.45, 2.75) is 27.4 Å². The molecule has 0 saturated heterocycles. The summed E-state index contributed by atoms with van der Waals surface area (Å²) in [4.78, 5) is 17.6. The molecule has 1 N–H and O–H groups in total. The standard InChI is InChI=1S/C21H22N2O3S/c1-4-25-17-11-7-16(8-12-17)23-21(24)20-15(3)22-19(27-20)13-26-18-9-5-14(2)6-10-18/h5-12H,4,13H2,1-3H3,(H,23,24). The van der Waals surface area contributed by atoms with Gasteiger partial charge in [-0.05, 0) is 57.2 Å². The molecule has 1 aromatic heterocycles. The van der Waals surface area contributed by atoms with Crippen LogP contribution in [0.1, 0.15) is 32.9 Å². The summed E-state index contributed by atoms with van der Waals surface area (Å²) in [6, 6.07) is 15.2. The molecule has 0 aliphatic carbocycles. The lowest BCUT2D eigenvalue weighted by molar-refractivity contribution is 0.103. The third-order valence-corrected chi connectivity index (χ3v) is 4.98. The smallest absolute Gasteiger partial charge is 0.267 e. The first-order chi connectivity index (χ1) is 13.0. The second-order valence-corrected chi connectivity index (χ2v) is 7.12. The molecule has 5 nitrogen and oxygen atoms in total. The fraction of sp³-hybridized carbons (Fsp3) is 0.238. The van der Waals surface area contributed by atoms with Crippen molar-refractivity contribution in [2.24, 2.45) is 0 Å². The highest BCUT2D eigenvalue weighted by molar-refractivity contribution is 7.13. The number of nitrogens with one attached hydrogen (secondary N) is 1. The van der Waals surface area contributed by atoms with E-state index in [4.69, 9.17) is 9.47 Å². The van der Waals surface area contributed by atoms with Crippen LogP contribution in [0.4, 0.5) is 5.69 Å². The molecule has 6 heteroatoms. The number of ether oxygens (including phenoxy) is 2. The van der Waals surface area contributed by atoms with Gasteiger partial charge in [0.25, 0.3) is 5.91 Å². The Morgan fingerprint density at radius 1 is 1.00 bits per heavy atom. The van der Waals surface area contributed by atoms with Crippen LogP contribution in [0.25, 0.3) is 0 Å². The summed E-state index contributed by atoms with van der Waals surface area (Å²) in [5.74, 6) is 1.39. The third-order valence-electron chi connectivity index (χ3n) is 3.85. The zero-order chi connectivity index (χ0) is 19.2. The van der Waals surface area contributed by atoms with Crippen LogP contribution in [-0.4, -0.2) is 17.5 Å². The molecule has 3 rings (SSSR count). The van der Waals surface area contributed by atoms with Crippen molar-refractivity contribution < 1.29 is 14.3 Å². The van der Waals surface area contributed by atoms with Crippen molar-refractivity contribution in [1.29, 1.82) is 0 Å². The minimum absolute atomic E-state index is 0.171. The van der Waals surface area contributed by atoms with Gasteiger partial charge in [0.1, 0.15) is 28.0 Å². The number of benzene rings is 2. The quantitative estimate of drug-likeness (QED) is 0.625. The zero-order valence-corrected chi connectivity index (χ0v) is 16.4. The number of carbonyl (C=O) groups excluding carboxylic acids is 1. The van der Waals surface area contributed by atoms with E-state index in [1.807, 2.05) is 69.3 Å². The molecule has 0 aliphatic heterocycles. The average molecular weight is 382 g/mol. The van der Waals surface area contributed by atoms with Crippen LogP contribution in [0.5, 0.6) is 11.5 Å². The summed E-state index contributed by atoms with van der Waals surface area (Å²) < 4.78 is 11.2. The fourth-order valence-electron chi connectivity index (χ4n) is 2.49. The van der Waals surface area contributed by atoms with E-state index in [2.05, 4.69) is 10.3 Å². The third kappa shape index (κ3) is 5.08. The topological polar surface area (TPSA) is 60.5 Å². The van der Waals surface area contributed by atoms with Crippen LogP contribution in [0.2, 0.25) is 0 Å². The molecule has 0 unspecified atom stereocenters. The van der Waals surface area contributed by atoms with Gasteiger partial charge in [-0.2, -0.15) is 0 Å². The normalized spacial score (nSPS) is 10.5. The van der Waals surface area contributed by atoms with Gasteiger partial charge >= 0.3 is 0 Å². The van der Waals surface area contributed by atoms with Crippen LogP contribution in [0.15, 0.2) is 48.5 Å². The molecular weight excluding hydrogens is 360 g/mol. The highest BCUT2D eigenvalue weighted by atomic mass is 32.1. The number of thiazole rings is 1. The summed E-state index contributed by atoms with van der Waals surface area (Å²) in [5.41, 5.74) is 2.60. The van der Waals surface area contributed by atoms with E-state index in [-0.39, 0.29) is 5.91 Å². The molecule has 0 spiro atoms. The number of hydrogen-bond donors (Lipinski definition) is 1. The molecule has 27 heavy (non-hydrogen) atoms. The largest absolute Gasteiger partial charge is 0.494 e. The van der Waals surface area contributed by atoms with Crippen molar-refractivity contribution in [2.75, 3.05) is 11.9 Å². The lowest BCUT2D eigenvalue weighted by Gasteiger charge is -2.06. The Morgan fingerprint density at radius 3 is 2.30 bits per heavy atom. The number of nitrogens with zero attached hydrogens (tertiary/aromatic N) is 1. The Balaban J connectivity index is 1.62. The van der Waals surface area contributed by atoms with Crippen molar-refractivity contribution in [3.8, 4) is 11.5 Å². The van der Waals surface area contributed by atoms with Crippen LogP contribution < -0.4 is 14.8 Å². The van der Waals surface area contributed by atoms with Gasteiger partial charge in [-0.1, -0.05) is 17.7 Å². The molecule has 0 bridgehead atoms. The predicted molar refractivity (Wildman–Crippen MR) is 108 cm³/mol. The van der Waals surface area contributed by atoms with E-state index >= 15 is 0 Å². The molecule has 1 heterocycles. The van der Waals surface area contributed by atoms with Crippen LogP contribution in [-0.2, 0) is 6.61 Å². The molecule has 1 amide bonds.